The molecule has 0 heterocycles. The molecule has 6 nitrogen and oxygen atoms in total. The number of anilines is 2. The molecule has 0 saturated heterocycles. The van der Waals surface area contributed by atoms with Gasteiger partial charge in [0.1, 0.15) is 0 Å². The van der Waals surface area contributed by atoms with E-state index in [-0.39, 0.29) is 11.8 Å². The fourth-order valence-electron chi connectivity index (χ4n) is 2.13. The van der Waals surface area contributed by atoms with Crippen molar-refractivity contribution >= 4 is 44.8 Å². The number of rotatable bonds is 9. The predicted molar refractivity (Wildman–Crippen MR) is 111 cm³/mol. The van der Waals surface area contributed by atoms with Crippen LogP contribution in [-0.4, -0.2) is 36.4 Å². The molecule has 2 aromatic carbocycles. The third-order valence-corrected chi connectivity index (χ3v) is 5.84. The molecule has 0 aromatic heterocycles. The molecule has 138 valence electrons. The van der Waals surface area contributed by atoms with Gasteiger partial charge in [0, 0.05) is 36.0 Å². The summed E-state index contributed by atoms with van der Waals surface area (Å²) in [5.41, 5.74) is 13.5. The molecule has 0 atom stereocenters. The maximum absolute atomic E-state index is 12.0. The predicted octanol–water partition coefficient (Wildman–Crippen LogP) is 2.39. The Labute approximate surface area is 160 Å². The Hall–Kier alpha value is -2.32. The number of carbonyl (C=O) groups is 2. The first-order valence-electron chi connectivity index (χ1n) is 8.09. The highest BCUT2D eigenvalue weighted by atomic mass is 33.1. The third kappa shape index (κ3) is 6.20. The quantitative estimate of drug-likeness (QED) is 0.297. The summed E-state index contributed by atoms with van der Waals surface area (Å²) in [6, 6.07) is 14.0. The van der Waals surface area contributed by atoms with E-state index in [1.54, 1.807) is 70.1 Å². The Bertz CT molecular complexity index is 692. The van der Waals surface area contributed by atoms with Crippen molar-refractivity contribution in [1.82, 2.24) is 10.6 Å². The lowest BCUT2D eigenvalue weighted by Crippen LogP contribution is -2.27. The largest absolute Gasteiger partial charge is 0.398 e. The first-order chi connectivity index (χ1) is 12.6. The van der Waals surface area contributed by atoms with Gasteiger partial charge in [-0.2, -0.15) is 0 Å². The summed E-state index contributed by atoms with van der Waals surface area (Å²) in [6.07, 6.45) is 0. The van der Waals surface area contributed by atoms with Gasteiger partial charge < -0.3 is 22.1 Å². The van der Waals surface area contributed by atoms with Crippen LogP contribution in [0.5, 0.6) is 0 Å². The van der Waals surface area contributed by atoms with Crippen molar-refractivity contribution in [2.75, 3.05) is 36.1 Å². The van der Waals surface area contributed by atoms with Gasteiger partial charge in [-0.1, -0.05) is 45.9 Å². The molecule has 0 aliphatic rings. The maximum atomic E-state index is 12.0. The van der Waals surface area contributed by atoms with Gasteiger partial charge in [0.2, 0.25) is 0 Å². The first-order valence-corrected chi connectivity index (χ1v) is 10.6. The zero-order chi connectivity index (χ0) is 18.8. The Morgan fingerprint density at radius 2 is 1.12 bits per heavy atom. The summed E-state index contributed by atoms with van der Waals surface area (Å²) >= 11 is 0. The van der Waals surface area contributed by atoms with Crippen molar-refractivity contribution in [2.24, 2.45) is 0 Å². The minimum Gasteiger partial charge on any atom is -0.398 e. The van der Waals surface area contributed by atoms with Gasteiger partial charge in [-0.15, -0.1) is 0 Å². The average molecular weight is 391 g/mol. The van der Waals surface area contributed by atoms with Crippen LogP contribution < -0.4 is 22.1 Å². The minimum atomic E-state index is -0.165. The van der Waals surface area contributed by atoms with Crippen LogP contribution in [0.2, 0.25) is 0 Å². The Kier molecular flexibility index (Phi) is 8.17. The molecule has 6 N–H and O–H groups in total. The Morgan fingerprint density at radius 3 is 1.50 bits per heavy atom. The number of nitrogens with two attached hydrogens (primary N) is 2. The average Bonchev–Trinajstić information content (AvgIpc) is 2.64. The zero-order valence-electron chi connectivity index (χ0n) is 14.2. The topological polar surface area (TPSA) is 110 Å². The molecule has 0 bridgehead atoms. The summed E-state index contributed by atoms with van der Waals surface area (Å²) in [4.78, 5) is 23.9. The molecule has 0 aliphatic carbocycles. The van der Waals surface area contributed by atoms with Crippen LogP contribution in [0, 0.1) is 0 Å². The van der Waals surface area contributed by atoms with Gasteiger partial charge in [0.15, 0.2) is 0 Å². The second-order valence-corrected chi connectivity index (χ2v) is 8.03. The third-order valence-electron chi connectivity index (χ3n) is 3.44. The lowest BCUT2D eigenvalue weighted by molar-refractivity contribution is 0.0948. The molecule has 0 aliphatic heterocycles. The molecule has 0 fully saturated rings. The van der Waals surface area contributed by atoms with Crippen molar-refractivity contribution in [1.29, 1.82) is 0 Å². The van der Waals surface area contributed by atoms with Gasteiger partial charge in [0.05, 0.1) is 11.1 Å². The normalized spacial score (nSPS) is 10.3. The van der Waals surface area contributed by atoms with Crippen LogP contribution in [0.3, 0.4) is 0 Å². The first kappa shape index (κ1) is 20.0. The van der Waals surface area contributed by atoms with Crippen LogP contribution >= 0.6 is 21.6 Å². The van der Waals surface area contributed by atoms with E-state index >= 15 is 0 Å². The lowest BCUT2D eigenvalue weighted by atomic mass is 10.2. The van der Waals surface area contributed by atoms with E-state index in [9.17, 15) is 9.59 Å². The van der Waals surface area contributed by atoms with Gasteiger partial charge in [-0.25, -0.2) is 0 Å². The Morgan fingerprint density at radius 1 is 0.731 bits per heavy atom. The summed E-state index contributed by atoms with van der Waals surface area (Å²) < 4.78 is 0. The number of hydrogen-bond donors (Lipinski definition) is 4. The maximum Gasteiger partial charge on any atom is 0.253 e. The SMILES string of the molecule is Nc1ccccc1C(=O)NCCSSCCNC(=O)c1ccccc1N. The number of nitrogen functional groups attached to an aromatic ring is 2. The van der Waals surface area contributed by atoms with Crippen molar-refractivity contribution in [2.45, 2.75) is 0 Å². The number of carbonyl (C=O) groups excluding carboxylic acids is 2. The number of amides is 2. The molecule has 8 heteroatoms. The molecular weight excluding hydrogens is 368 g/mol. The minimum absolute atomic E-state index is 0.165. The molecule has 2 rings (SSSR count). The molecule has 26 heavy (non-hydrogen) atoms. The standard InChI is InChI=1S/C18H22N4O2S2/c19-15-7-3-1-5-13(15)17(23)21-9-11-25-26-12-10-22-18(24)14-6-2-4-8-16(14)20/h1-8H,9-12,19-20H2,(H,21,23)(H,22,24). The van der Waals surface area contributed by atoms with E-state index in [1.165, 1.54) is 0 Å². The van der Waals surface area contributed by atoms with Crippen LogP contribution in [0.1, 0.15) is 20.7 Å². The lowest BCUT2D eigenvalue weighted by Gasteiger charge is -2.08. The van der Waals surface area contributed by atoms with E-state index in [0.29, 0.717) is 35.6 Å². The summed E-state index contributed by atoms with van der Waals surface area (Å²) in [7, 11) is 3.28. The molecule has 2 amide bonds. The monoisotopic (exact) mass is 390 g/mol. The number of hydrogen-bond acceptors (Lipinski definition) is 6. The fraction of sp³-hybridized carbons (Fsp3) is 0.222. The van der Waals surface area contributed by atoms with E-state index in [2.05, 4.69) is 10.6 Å². The highest BCUT2D eigenvalue weighted by Gasteiger charge is 2.08. The van der Waals surface area contributed by atoms with Gasteiger partial charge in [0.25, 0.3) is 11.8 Å². The van der Waals surface area contributed by atoms with Crippen LogP contribution in [-0.2, 0) is 0 Å². The molecular formula is C18H22N4O2S2. The van der Waals surface area contributed by atoms with E-state index in [4.69, 9.17) is 11.5 Å². The van der Waals surface area contributed by atoms with Gasteiger partial charge in [-0.3, -0.25) is 9.59 Å². The van der Waals surface area contributed by atoms with Crippen molar-refractivity contribution in [3.8, 4) is 0 Å². The van der Waals surface area contributed by atoms with Crippen molar-refractivity contribution < 1.29 is 9.59 Å². The summed E-state index contributed by atoms with van der Waals surface area (Å²) in [6.45, 7) is 1.11. The van der Waals surface area contributed by atoms with Crippen LogP contribution in [0.15, 0.2) is 48.5 Å². The molecule has 0 unspecified atom stereocenters. The highest BCUT2D eigenvalue weighted by Crippen LogP contribution is 2.19. The second kappa shape index (κ2) is 10.6. The zero-order valence-corrected chi connectivity index (χ0v) is 15.9. The van der Waals surface area contributed by atoms with Gasteiger partial charge in [-0.05, 0) is 24.3 Å². The number of para-hydroxylation sites is 2. The van der Waals surface area contributed by atoms with Gasteiger partial charge >= 0.3 is 0 Å². The van der Waals surface area contributed by atoms with Crippen molar-refractivity contribution in [3.63, 3.8) is 0 Å². The molecule has 0 spiro atoms. The summed E-state index contributed by atoms with van der Waals surface area (Å²) in [5.74, 6) is 1.20. The second-order valence-electron chi connectivity index (χ2n) is 5.33. The Balaban J connectivity index is 1.55. The molecule has 2 aromatic rings. The van der Waals surface area contributed by atoms with E-state index in [0.717, 1.165) is 11.5 Å². The van der Waals surface area contributed by atoms with E-state index in [1.807, 2.05) is 0 Å². The van der Waals surface area contributed by atoms with Crippen molar-refractivity contribution in [3.05, 3.63) is 59.7 Å². The van der Waals surface area contributed by atoms with E-state index < -0.39 is 0 Å². The van der Waals surface area contributed by atoms with Crippen LogP contribution in [0.4, 0.5) is 11.4 Å². The number of nitrogens with one attached hydrogen (secondary N) is 2. The summed E-state index contributed by atoms with van der Waals surface area (Å²) in [5, 5.41) is 5.68. The highest BCUT2D eigenvalue weighted by molar-refractivity contribution is 8.76. The number of benzene rings is 2. The molecule has 0 radical (unpaired) electrons. The fourth-order valence-corrected chi connectivity index (χ4v) is 3.94. The van der Waals surface area contributed by atoms with Crippen LogP contribution in [0.25, 0.3) is 0 Å². The smallest absolute Gasteiger partial charge is 0.253 e. The molecule has 0 saturated carbocycles.